The van der Waals surface area contributed by atoms with Gasteiger partial charge in [0.05, 0.1) is 6.04 Å². The molecule has 23 heavy (non-hydrogen) atoms. The first-order valence-corrected chi connectivity index (χ1v) is 7.11. The molecule has 1 aromatic rings. The second-order valence-corrected chi connectivity index (χ2v) is 5.49. The maximum absolute atomic E-state index is 13.0. The highest BCUT2D eigenvalue weighted by atomic mass is 19.4. The molecule has 0 spiro atoms. The number of benzene rings is 1. The van der Waals surface area contributed by atoms with Gasteiger partial charge in [0.25, 0.3) is 0 Å². The second kappa shape index (κ2) is 6.97. The quantitative estimate of drug-likeness (QED) is 0.839. The molecule has 8 heteroatoms. The van der Waals surface area contributed by atoms with Crippen molar-refractivity contribution in [1.82, 2.24) is 10.2 Å². The highest BCUT2D eigenvalue weighted by Gasteiger charge is 2.38. The van der Waals surface area contributed by atoms with Crippen LogP contribution in [0.2, 0.25) is 0 Å². The monoisotopic (exact) mass is 332 g/mol. The molecule has 1 aliphatic rings. The summed E-state index contributed by atoms with van der Waals surface area (Å²) < 4.78 is 49.9. The van der Waals surface area contributed by atoms with Gasteiger partial charge in [-0.1, -0.05) is 12.1 Å². The molecule has 2 amide bonds. The Morgan fingerprint density at radius 3 is 2.74 bits per heavy atom. The lowest BCUT2D eigenvalue weighted by Crippen LogP contribution is -2.39. The van der Waals surface area contributed by atoms with Gasteiger partial charge >= 0.3 is 6.18 Å². The van der Waals surface area contributed by atoms with Gasteiger partial charge in [0.2, 0.25) is 11.8 Å². The summed E-state index contributed by atoms with van der Waals surface area (Å²) in [7, 11) is 0. The predicted molar refractivity (Wildman–Crippen MR) is 73.9 cm³/mol. The van der Waals surface area contributed by atoms with Gasteiger partial charge in [-0.2, -0.15) is 13.2 Å². The van der Waals surface area contributed by atoms with E-state index in [1.807, 2.05) is 0 Å². The highest BCUT2D eigenvalue weighted by molar-refractivity contribution is 5.82. The molecule has 0 aliphatic carbocycles. The maximum atomic E-state index is 13.0. The Morgan fingerprint density at radius 2 is 2.09 bits per heavy atom. The van der Waals surface area contributed by atoms with Crippen LogP contribution in [0.3, 0.4) is 0 Å². The summed E-state index contributed by atoms with van der Waals surface area (Å²) in [5, 5.41) is 2.55. The summed E-state index contributed by atoms with van der Waals surface area (Å²) in [5.74, 6) is -1.40. The lowest BCUT2D eigenvalue weighted by atomic mass is 10.1. The molecule has 1 heterocycles. The van der Waals surface area contributed by atoms with Crippen molar-refractivity contribution in [2.45, 2.75) is 31.5 Å². The molecule has 1 fully saturated rings. The van der Waals surface area contributed by atoms with Gasteiger partial charge in [0.1, 0.15) is 12.4 Å². The zero-order valence-corrected chi connectivity index (χ0v) is 12.2. The second-order valence-electron chi connectivity index (χ2n) is 5.49. The molecule has 4 nitrogen and oxygen atoms in total. The number of amides is 2. The van der Waals surface area contributed by atoms with Crippen LogP contribution in [0.25, 0.3) is 0 Å². The van der Waals surface area contributed by atoms with Crippen molar-refractivity contribution in [2.75, 3.05) is 13.1 Å². The van der Waals surface area contributed by atoms with Crippen molar-refractivity contribution < 1.29 is 27.2 Å². The van der Waals surface area contributed by atoms with Crippen molar-refractivity contribution in [1.29, 1.82) is 0 Å². The van der Waals surface area contributed by atoms with E-state index in [2.05, 4.69) is 5.32 Å². The zero-order chi connectivity index (χ0) is 17.0. The number of nitrogens with one attached hydrogen (secondary N) is 1. The van der Waals surface area contributed by atoms with Gasteiger partial charge in [0, 0.05) is 19.4 Å². The van der Waals surface area contributed by atoms with Crippen molar-refractivity contribution in [3.63, 3.8) is 0 Å². The normalized spacial score (nSPS) is 18.3. The van der Waals surface area contributed by atoms with Crippen LogP contribution >= 0.6 is 0 Å². The number of nitrogens with zero attached hydrogens (tertiary/aromatic N) is 1. The Balaban J connectivity index is 1.79. The molecule has 1 atom stereocenters. The Bertz CT molecular complexity index is 589. The number of likely N-dealkylation sites (tertiary alicyclic amines) is 1. The SMILES string of the molecule is O=C(CCc1cccc(F)c1)NC1CC(=O)N(CC(F)(F)F)C1. The number of hydrogen-bond acceptors (Lipinski definition) is 2. The van der Waals surface area contributed by atoms with Crippen LogP contribution in [0, 0.1) is 5.82 Å². The van der Waals surface area contributed by atoms with E-state index >= 15 is 0 Å². The number of carbonyl (C=O) groups excluding carboxylic acids is 2. The lowest BCUT2D eigenvalue weighted by Gasteiger charge is -2.18. The molecule has 1 unspecified atom stereocenters. The van der Waals surface area contributed by atoms with Crippen LogP contribution in [0.5, 0.6) is 0 Å². The van der Waals surface area contributed by atoms with E-state index in [1.54, 1.807) is 6.07 Å². The first kappa shape index (κ1) is 17.2. The smallest absolute Gasteiger partial charge is 0.351 e. The summed E-state index contributed by atoms with van der Waals surface area (Å²) >= 11 is 0. The topological polar surface area (TPSA) is 49.4 Å². The third kappa shape index (κ3) is 5.54. The van der Waals surface area contributed by atoms with Crippen molar-refractivity contribution >= 4 is 11.8 Å². The third-order valence-corrected chi connectivity index (χ3v) is 3.48. The average molecular weight is 332 g/mol. The Kier molecular flexibility index (Phi) is 5.23. The van der Waals surface area contributed by atoms with Crippen molar-refractivity contribution in [3.05, 3.63) is 35.6 Å². The lowest BCUT2D eigenvalue weighted by molar-refractivity contribution is -0.157. The molecule has 1 saturated heterocycles. The summed E-state index contributed by atoms with van der Waals surface area (Å²) in [6.07, 6.45) is -4.20. The van der Waals surface area contributed by atoms with Gasteiger partial charge in [0.15, 0.2) is 0 Å². The Labute approximate surface area is 130 Å². The fourth-order valence-corrected chi connectivity index (χ4v) is 2.49. The highest BCUT2D eigenvalue weighted by Crippen LogP contribution is 2.21. The van der Waals surface area contributed by atoms with Crippen LogP contribution in [0.1, 0.15) is 18.4 Å². The fraction of sp³-hybridized carbons (Fsp3) is 0.467. The molecular formula is C15H16F4N2O2. The number of hydrogen-bond donors (Lipinski definition) is 1. The molecular weight excluding hydrogens is 316 g/mol. The van der Waals surface area contributed by atoms with E-state index in [4.69, 9.17) is 0 Å². The van der Waals surface area contributed by atoms with Crippen LogP contribution in [0.15, 0.2) is 24.3 Å². The van der Waals surface area contributed by atoms with Gasteiger partial charge < -0.3 is 10.2 Å². The first-order valence-electron chi connectivity index (χ1n) is 7.11. The molecule has 1 N–H and O–H groups in total. The molecule has 0 saturated carbocycles. The standard InChI is InChI=1S/C15H16F4N2O2/c16-11-3-1-2-10(6-11)4-5-13(22)20-12-7-14(23)21(8-12)9-15(17,18)19/h1-3,6,12H,4-5,7-9H2,(H,20,22). The molecule has 2 rings (SSSR count). The minimum atomic E-state index is -4.45. The fourth-order valence-electron chi connectivity index (χ4n) is 2.49. The van der Waals surface area contributed by atoms with Gasteiger partial charge in [-0.05, 0) is 24.1 Å². The van der Waals surface area contributed by atoms with E-state index in [0.717, 1.165) is 0 Å². The van der Waals surface area contributed by atoms with Crippen LogP contribution in [0.4, 0.5) is 17.6 Å². The summed E-state index contributed by atoms with van der Waals surface area (Å²) in [4.78, 5) is 24.0. The number of carbonyl (C=O) groups is 2. The van der Waals surface area contributed by atoms with Gasteiger partial charge in [-0.3, -0.25) is 9.59 Å². The number of rotatable bonds is 5. The predicted octanol–water partition coefficient (Wildman–Crippen LogP) is 2.04. The number of alkyl halides is 3. The molecule has 0 radical (unpaired) electrons. The van der Waals surface area contributed by atoms with E-state index in [0.29, 0.717) is 16.9 Å². The largest absolute Gasteiger partial charge is 0.406 e. The molecule has 0 bridgehead atoms. The van der Waals surface area contributed by atoms with E-state index in [9.17, 15) is 27.2 Å². The number of aryl methyl sites for hydroxylation is 1. The zero-order valence-electron chi connectivity index (χ0n) is 12.2. The minimum absolute atomic E-state index is 0.0768. The minimum Gasteiger partial charge on any atom is -0.351 e. The summed E-state index contributed by atoms with van der Waals surface area (Å²) in [6, 6.07) is 5.21. The summed E-state index contributed by atoms with van der Waals surface area (Å²) in [5.41, 5.74) is 0.654. The van der Waals surface area contributed by atoms with E-state index in [-0.39, 0.29) is 25.3 Å². The van der Waals surface area contributed by atoms with Crippen LogP contribution in [-0.4, -0.2) is 42.0 Å². The van der Waals surface area contributed by atoms with Gasteiger partial charge in [-0.25, -0.2) is 4.39 Å². The van der Waals surface area contributed by atoms with E-state index < -0.39 is 30.5 Å². The third-order valence-electron chi connectivity index (χ3n) is 3.48. The van der Waals surface area contributed by atoms with Crippen LogP contribution < -0.4 is 5.32 Å². The van der Waals surface area contributed by atoms with Gasteiger partial charge in [-0.15, -0.1) is 0 Å². The molecule has 1 aliphatic heterocycles. The molecule has 1 aromatic carbocycles. The molecule has 126 valence electrons. The van der Waals surface area contributed by atoms with Crippen molar-refractivity contribution in [2.24, 2.45) is 0 Å². The number of halogens is 4. The van der Waals surface area contributed by atoms with E-state index in [1.165, 1.54) is 18.2 Å². The first-order chi connectivity index (χ1) is 10.7. The molecule has 0 aromatic heterocycles. The maximum Gasteiger partial charge on any atom is 0.406 e. The summed E-state index contributed by atoms with van der Waals surface area (Å²) in [6.45, 7) is -1.45. The average Bonchev–Trinajstić information content (AvgIpc) is 2.74. The van der Waals surface area contributed by atoms with Crippen LogP contribution in [-0.2, 0) is 16.0 Å². The Hall–Kier alpha value is -2.12. The Morgan fingerprint density at radius 1 is 1.35 bits per heavy atom. The van der Waals surface area contributed by atoms with Crippen molar-refractivity contribution in [3.8, 4) is 0 Å².